The summed E-state index contributed by atoms with van der Waals surface area (Å²) in [5.74, 6) is 0. The second kappa shape index (κ2) is 6.69. The minimum absolute atomic E-state index is 0.235. The van der Waals surface area contributed by atoms with Gasteiger partial charge in [-0.25, -0.2) is 4.79 Å². The van der Waals surface area contributed by atoms with Gasteiger partial charge in [0.15, 0.2) is 0 Å². The summed E-state index contributed by atoms with van der Waals surface area (Å²) >= 11 is 17.8. The van der Waals surface area contributed by atoms with Crippen LogP contribution in [0.2, 0.25) is 15.1 Å². The Morgan fingerprint density at radius 1 is 1.05 bits per heavy atom. The molecule has 104 valence electrons. The van der Waals surface area contributed by atoms with Gasteiger partial charge in [-0.1, -0.05) is 54.1 Å². The van der Waals surface area contributed by atoms with Crippen LogP contribution in [0.25, 0.3) is 0 Å². The lowest BCUT2D eigenvalue weighted by Crippen LogP contribution is -2.39. The van der Waals surface area contributed by atoms with E-state index in [0.29, 0.717) is 20.8 Å². The summed E-state index contributed by atoms with van der Waals surface area (Å²) in [6.45, 7) is 0. The topological polar surface area (TPSA) is 41.1 Å². The lowest BCUT2D eigenvalue weighted by atomic mass is 9.96. The summed E-state index contributed by atoms with van der Waals surface area (Å²) in [4.78, 5) is 11.9. The van der Waals surface area contributed by atoms with E-state index in [-0.39, 0.29) is 12.1 Å². The van der Waals surface area contributed by atoms with Crippen molar-refractivity contribution in [2.75, 3.05) is 5.32 Å². The largest absolute Gasteiger partial charge is 0.335 e. The monoisotopic (exact) mass is 320 g/mol. The van der Waals surface area contributed by atoms with Crippen molar-refractivity contribution in [2.24, 2.45) is 0 Å². The van der Waals surface area contributed by atoms with E-state index >= 15 is 0 Å². The zero-order chi connectivity index (χ0) is 13.8. The van der Waals surface area contributed by atoms with Crippen molar-refractivity contribution in [3.8, 4) is 0 Å². The number of hydrogen-bond donors (Lipinski definition) is 2. The Bertz CT molecular complexity index is 450. The van der Waals surface area contributed by atoms with Gasteiger partial charge in [0.2, 0.25) is 0 Å². The second-order valence-corrected chi connectivity index (χ2v) is 5.93. The molecule has 1 aromatic rings. The Morgan fingerprint density at radius 2 is 1.63 bits per heavy atom. The molecule has 6 heteroatoms. The molecular weight excluding hydrogens is 307 g/mol. The lowest BCUT2D eigenvalue weighted by molar-refractivity contribution is 0.244. The smallest absolute Gasteiger partial charge is 0.319 e. The minimum Gasteiger partial charge on any atom is -0.335 e. The van der Waals surface area contributed by atoms with Gasteiger partial charge in [0.1, 0.15) is 0 Å². The molecule has 0 heterocycles. The third-order valence-corrected chi connectivity index (χ3v) is 4.00. The summed E-state index contributed by atoms with van der Waals surface area (Å²) < 4.78 is 0. The molecule has 3 nitrogen and oxygen atoms in total. The molecule has 1 saturated carbocycles. The van der Waals surface area contributed by atoms with Crippen LogP contribution in [0.15, 0.2) is 12.1 Å². The maximum absolute atomic E-state index is 11.9. The number of rotatable bonds is 2. The fourth-order valence-electron chi connectivity index (χ4n) is 2.24. The molecule has 2 N–H and O–H groups in total. The predicted octanol–water partition coefficient (Wildman–Crippen LogP) is 5.10. The average Bonchev–Trinajstić information content (AvgIpc) is 2.35. The first-order valence-electron chi connectivity index (χ1n) is 6.28. The molecule has 0 aromatic heterocycles. The molecule has 0 aliphatic heterocycles. The summed E-state index contributed by atoms with van der Waals surface area (Å²) in [6, 6.07) is 3.05. The van der Waals surface area contributed by atoms with Crippen molar-refractivity contribution >= 4 is 46.5 Å². The highest BCUT2D eigenvalue weighted by Gasteiger charge is 2.17. The molecule has 19 heavy (non-hydrogen) atoms. The Balaban J connectivity index is 1.98. The molecule has 0 spiro atoms. The first kappa shape index (κ1) is 14.8. The van der Waals surface area contributed by atoms with Crippen molar-refractivity contribution in [3.05, 3.63) is 27.2 Å². The standard InChI is InChI=1S/C13H15Cl3N2O/c14-8-6-10(15)12(11(16)7-8)18-13(19)17-9-4-2-1-3-5-9/h6-7,9H,1-5H2,(H2,17,18,19). The molecule has 0 saturated heterocycles. The summed E-state index contributed by atoms with van der Waals surface area (Å²) in [5, 5.41) is 6.71. The van der Waals surface area contributed by atoms with Crippen LogP contribution in [-0.2, 0) is 0 Å². The number of urea groups is 1. The van der Waals surface area contributed by atoms with Crippen LogP contribution in [0.1, 0.15) is 32.1 Å². The molecule has 1 aliphatic carbocycles. The molecule has 1 fully saturated rings. The number of hydrogen-bond acceptors (Lipinski definition) is 1. The van der Waals surface area contributed by atoms with Gasteiger partial charge >= 0.3 is 6.03 Å². The zero-order valence-electron chi connectivity index (χ0n) is 10.3. The van der Waals surface area contributed by atoms with Crippen LogP contribution in [0.5, 0.6) is 0 Å². The highest BCUT2D eigenvalue weighted by molar-refractivity contribution is 6.42. The van der Waals surface area contributed by atoms with E-state index in [1.54, 1.807) is 12.1 Å². The van der Waals surface area contributed by atoms with Gasteiger partial charge in [-0.2, -0.15) is 0 Å². The first-order chi connectivity index (χ1) is 9.06. The summed E-state index contributed by atoms with van der Waals surface area (Å²) in [6.07, 6.45) is 5.61. The van der Waals surface area contributed by atoms with E-state index in [1.807, 2.05) is 0 Å². The fourth-order valence-corrected chi connectivity index (χ4v) is 3.16. The van der Waals surface area contributed by atoms with Crippen molar-refractivity contribution < 1.29 is 4.79 Å². The summed E-state index contributed by atoms with van der Waals surface area (Å²) in [7, 11) is 0. The van der Waals surface area contributed by atoms with Crippen LogP contribution < -0.4 is 10.6 Å². The predicted molar refractivity (Wildman–Crippen MR) is 80.5 cm³/mol. The zero-order valence-corrected chi connectivity index (χ0v) is 12.6. The Labute approximate surface area is 127 Å². The molecule has 1 aromatic carbocycles. The quantitative estimate of drug-likeness (QED) is 0.781. The van der Waals surface area contributed by atoms with Gasteiger partial charge in [-0.15, -0.1) is 0 Å². The number of carbonyl (C=O) groups is 1. The normalized spacial score (nSPS) is 16.2. The van der Waals surface area contributed by atoms with E-state index in [9.17, 15) is 4.79 Å². The van der Waals surface area contributed by atoms with E-state index < -0.39 is 0 Å². The molecule has 2 amide bonds. The third kappa shape index (κ3) is 4.16. The Kier molecular flexibility index (Phi) is 5.20. The maximum Gasteiger partial charge on any atom is 0.319 e. The molecule has 0 unspecified atom stereocenters. The number of carbonyl (C=O) groups excluding carboxylic acids is 1. The van der Waals surface area contributed by atoms with E-state index in [4.69, 9.17) is 34.8 Å². The minimum atomic E-state index is -0.280. The van der Waals surface area contributed by atoms with E-state index in [1.165, 1.54) is 6.42 Å². The number of amides is 2. The SMILES string of the molecule is O=C(Nc1c(Cl)cc(Cl)cc1Cl)NC1CCCCC1. The van der Waals surface area contributed by atoms with Crippen molar-refractivity contribution in [2.45, 2.75) is 38.1 Å². The van der Waals surface area contributed by atoms with Gasteiger partial charge in [0.25, 0.3) is 0 Å². The van der Waals surface area contributed by atoms with Gasteiger partial charge in [0, 0.05) is 11.1 Å². The molecule has 0 atom stereocenters. The molecular formula is C13H15Cl3N2O. The fraction of sp³-hybridized carbons (Fsp3) is 0.462. The lowest BCUT2D eigenvalue weighted by Gasteiger charge is -2.23. The number of nitrogens with one attached hydrogen (secondary N) is 2. The highest BCUT2D eigenvalue weighted by Crippen LogP contribution is 2.33. The molecule has 0 bridgehead atoms. The van der Waals surface area contributed by atoms with Gasteiger partial charge < -0.3 is 10.6 Å². The van der Waals surface area contributed by atoms with E-state index in [0.717, 1.165) is 25.7 Å². The average molecular weight is 322 g/mol. The van der Waals surface area contributed by atoms with Crippen LogP contribution >= 0.6 is 34.8 Å². The third-order valence-electron chi connectivity index (χ3n) is 3.19. The number of halogens is 3. The van der Waals surface area contributed by atoms with Crippen LogP contribution in [0.4, 0.5) is 10.5 Å². The molecule has 0 radical (unpaired) electrons. The van der Waals surface area contributed by atoms with Gasteiger partial charge in [-0.3, -0.25) is 0 Å². The number of benzene rings is 1. The highest BCUT2D eigenvalue weighted by atomic mass is 35.5. The van der Waals surface area contributed by atoms with Crippen molar-refractivity contribution in [1.29, 1.82) is 0 Å². The van der Waals surface area contributed by atoms with Crippen LogP contribution in [0.3, 0.4) is 0 Å². The van der Waals surface area contributed by atoms with Crippen molar-refractivity contribution in [1.82, 2.24) is 5.32 Å². The van der Waals surface area contributed by atoms with Crippen LogP contribution in [-0.4, -0.2) is 12.1 Å². The van der Waals surface area contributed by atoms with Crippen molar-refractivity contribution in [3.63, 3.8) is 0 Å². The van der Waals surface area contributed by atoms with Gasteiger partial charge in [-0.05, 0) is 25.0 Å². The Hall–Kier alpha value is -0.640. The molecule has 2 rings (SSSR count). The van der Waals surface area contributed by atoms with E-state index in [2.05, 4.69) is 10.6 Å². The first-order valence-corrected chi connectivity index (χ1v) is 7.41. The number of anilines is 1. The van der Waals surface area contributed by atoms with Crippen LogP contribution in [0, 0.1) is 0 Å². The van der Waals surface area contributed by atoms with Gasteiger partial charge in [0.05, 0.1) is 15.7 Å². The summed E-state index contributed by atoms with van der Waals surface area (Å²) in [5.41, 5.74) is 0.390. The molecule has 1 aliphatic rings. The second-order valence-electron chi connectivity index (χ2n) is 4.68. The Morgan fingerprint density at radius 3 is 2.21 bits per heavy atom. The maximum atomic E-state index is 11.9.